The molecule has 1 amide bonds. The standard InChI is InChI=1S/C11H13N3OS/c1-7-10(14-8(2)13-7)11(15)12-6-9-4-3-5-16-9/h3-5H,6H2,1-2H3,(H,12,15)(H,13,14). The topological polar surface area (TPSA) is 57.8 Å². The van der Waals surface area contributed by atoms with Crippen LogP contribution in [-0.2, 0) is 6.54 Å². The third-order valence-corrected chi connectivity index (χ3v) is 3.10. The molecule has 84 valence electrons. The Bertz CT molecular complexity index is 487. The summed E-state index contributed by atoms with van der Waals surface area (Å²) in [6, 6.07) is 3.96. The minimum atomic E-state index is -0.129. The molecule has 0 spiro atoms. The number of H-pyrrole nitrogens is 1. The monoisotopic (exact) mass is 235 g/mol. The summed E-state index contributed by atoms with van der Waals surface area (Å²) in [5.74, 6) is 0.633. The molecule has 0 radical (unpaired) electrons. The fourth-order valence-electron chi connectivity index (χ4n) is 1.50. The van der Waals surface area contributed by atoms with E-state index in [1.54, 1.807) is 11.3 Å². The highest BCUT2D eigenvalue weighted by Crippen LogP contribution is 2.09. The number of amides is 1. The summed E-state index contributed by atoms with van der Waals surface area (Å²) in [4.78, 5) is 20.1. The third kappa shape index (κ3) is 2.30. The molecule has 16 heavy (non-hydrogen) atoms. The maximum Gasteiger partial charge on any atom is 0.272 e. The van der Waals surface area contributed by atoms with Gasteiger partial charge in [0.15, 0.2) is 0 Å². The summed E-state index contributed by atoms with van der Waals surface area (Å²) in [6.45, 7) is 4.24. The van der Waals surface area contributed by atoms with Gasteiger partial charge in [0.25, 0.3) is 5.91 Å². The van der Waals surface area contributed by atoms with Gasteiger partial charge in [-0.25, -0.2) is 4.98 Å². The summed E-state index contributed by atoms with van der Waals surface area (Å²) >= 11 is 1.63. The second-order valence-electron chi connectivity index (χ2n) is 3.56. The van der Waals surface area contributed by atoms with Crippen molar-refractivity contribution < 1.29 is 4.79 Å². The molecule has 0 bridgehead atoms. The predicted molar refractivity (Wildman–Crippen MR) is 63.6 cm³/mol. The molecular weight excluding hydrogens is 222 g/mol. The number of nitrogens with one attached hydrogen (secondary N) is 2. The van der Waals surface area contributed by atoms with Crippen LogP contribution in [-0.4, -0.2) is 15.9 Å². The molecule has 0 aliphatic heterocycles. The predicted octanol–water partition coefficient (Wildman–Crippen LogP) is 2.02. The highest BCUT2D eigenvalue weighted by atomic mass is 32.1. The zero-order valence-electron chi connectivity index (χ0n) is 9.20. The van der Waals surface area contributed by atoms with Crippen molar-refractivity contribution in [3.05, 3.63) is 39.6 Å². The first-order valence-corrected chi connectivity index (χ1v) is 5.88. The maximum atomic E-state index is 11.8. The van der Waals surface area contributed by atoms with Crippen molar-refractivity contribution in [3.8, 4) is 0 Å². The van der Waals surface area contributed by atoms with Gasteiger partial charge in [0.1, 0.15) is 11.5 Å². The zero-order valence-corrected chi connectivity index (χ0v) is 10.0. The van der Waals surface area contributed by atoms with E-state index in [9.17, 15) is 4.79 Å². The van der Waals surface area contributed by atoms with E-state index < -0.39 is 0 Å². The average molecular weight is 235 g/mol. The van der Waals surface area contributed by atoms with Crippen molar-refractivity contribution in [1.82, 2.24) is 15.3 Å². The average Bonchev–Trinajstić information content (AvgIpc) is 2.84. The van der Waals surface area contributed by atoms with Crippen LogP contribution in [0.4, 0.5) is 0 Å². The second kappa shape index (κ2) is 4.49. The van der Waals surface area contributed by atoms with Gasteiger partial charge in [-0.05, 0) is 25.3 Å². The Morgan fingerprint density at radius 2 is 2.38 bits per heavy atom. The lowest BCUT2D eigenvalue weighted by Gasteiger charge is -2.01. The van der Waals surface area contributed by atoms with Crippen molar-refractivity contribution in [1.29, 1.82) is 0 Å². The summed E-state index contributed by atoms with van der Waals surface area (Å²) in [7, 11) is 0. The number of hydrogen-bond acceptors (Lipinski definition) is 3. The van der Waals surface area contributed by atoms with E-state index in [1.807, 2.05) is 31.4 Å². The Balaban J connectivity index is 2.01. The van der Waals surface area contributed by atoms with Crippen molar-refractivity contribution in [2.75, 3.05) is 0 Å². The number of hydrogen-bond donors (Lipinski definition) is 2. The van der Waals surface area contributed by atoms with E-state index in [0.717, 1.165) is 16.4 Å². The van der Waals surface area contributed by atoms with Gasteiger partial charge in [0.05, 0.1) is 6.54 Å². The Kier molecular flexibility index (Phi) is 3.05. The second-order valence-corrected chi connectivity index (χ2v) is 4.59. The molecule has 4 nitrogen and oxygen atoms in total. The van der Waals surface area contributed by atoms with E-state index in [1.165, 1.54) is 0 Å². The van der Waals surface area contributed by atoms with Gasteiger partial charge in [-0.15, -0.1) is 11.3 Å². The number of thiophene rings is 1. The van der Waals surface area contributed by atoms with Crippen LogP contribution >= 0.6 is 11.3 Å². The zero-order chi connectivity index (χ0) is 11.5. The summed E-state index contributed by atoms with van der Waals surface area (Å²) < 4.78 is 0. The molecule has 5 heteroatoms. The third-order valence-electron chi connectivity index (χ3n) is 2.22. The van der Waals surface area contributed by atoms with Gasteiger partial charge in [-0.3, -0.25) is 4.79 Å². The number of carbonyl (C=O) groups is 1. The van der Waals surface area contributed by atoms with Crippen LogP contribution in [0, 0.1) is 13.8 Å². The van der Waals surface area contributed by atoms with Crippen LogP contribution in [0.25, 0.3) is 0 Å². The molecule has 0 saturated heterocycles. The highest BCUT2D eigenvalue weighted by molar-refractivity contribution is 7.09. The summed E-state index contributed by atoms with van der Waals surface area (Å²) in [6.07, 6.45) is 0. The normalized spacial score (nSPS) is 10.4. The van der Waals surface area contributed by atoms with Gasteiger partial charge in [-0.1, -0.05) is 6.07 Å². The van der Waals surface area contributed by atoms with Crippen LogP contribution in [0.3, 0.4) is 0 Å². The fourth-order valence-corrected chi connectivity index (χ4v) is 2.14. The molecule has 0 aliphatic carbocycles. The van der Waals surface area contributed by atoms with Gasteiger partial charge >= 0.3 is 0 Å². The Morgan fingerprint density at radius 1 is 1.56 bits per heavy atom. The molecule has 2 aromatic rings. The number of aryl methyl sites for hydroxylation is 2. The van der Waals surface area contributed by atoms with Gasteiger partial charge in [0, 0.05) is 10.6 Å². The number of carbonyl (C=O) groups excluding carboxylic acids is 1. The first-order valence-electron chi connectivity index (χ1n) is 5.00. The molecule has 0 atom stereocenters. The Hall–Kier alpha value is -1.62. The summed E-state index contributed by atoms with van der Waals surface area (Å²) in [5, 5.41) is 4.84. The fraction of sp³-hybridized carbons (Fsp3) is 0.273. The molecule has 0 saturated carbocycles. The number of imidazole rings is 1. The highest BCUT2D eigenvalue weighted by Gasteiger charge is 2.12. The lowest BCUT2D eigenvalue weighted by Crippen LogP contribution is -2.23. The van der Waals surface area contributed by atoms with Crippen LogP contribution in [0.15, 0.2) is 17.5 Å². The van der Waals surface area contributed by atoms with Gasteiger partial charge in [-0.2, -0.15) is 0 Å². The van der Waals surface area contributed by atoms with E-state index in [-0.39, 0.29) is 5.91 Å². The van der Waals surface area contributed by atoms with Crippen molar-refractivity contribution in [2.24, 2.45) is 0 Å². The molecule has 0 aromatic carbocycles. The summed E-state index contributed by atoms with van der Waals surface area (Å²) in [5.41, 5.74) is 1.29. The van der Waals surface area contributed by atoms with E-state index >= 15 is 0 Å². The van der Waals surface area contributed by atoms with Gasteiger partial charge < -0.3 is 10.3 Å². The van der Waals surface area contributed by atoms with Gasteiger partial charge in [0.2, 0.25) is 0 Å². The van der Waals surface area contributed by atoms with Crippen molar-refractivity contribution in [2.45, 2.75) is 20.4 Å². The smallest absolute Gasteiger partial charge is 0.272 e. The van der Waals surface area contributed by atoms with Crippen molar-refractivity contribution >= 4 is 17.2 Å². The van der Waals surface area contributed by atoms with E-state index in [4.69, 9.17) is 0 Å². The quantitative estimate of drug-likeness (QED) is 0.855. The first-order chi connectivity index (χ1) is 7.66. The number of aromatic nitrogens is 2. The van der Waals surface area contributed by atoms with Crippen LogP contribution < -0.4 is 5.32 Å². The number of rotatable bonds is 3. The minimum absolute atomic E-state index is 0.129. The first kappa shape index (κ1) is 10.9. The molecule has 2 aromatic heterocycles. The SMILES string of the molecule is Cc1nc(C(=O)NCc2cccs2)c(C)[nH]1. The molecule has 2 heterocycles. The molecule has 0 aliphatic rings. The van der Waals surface area contributed by atoms with Crippen LogP contribution in [0.5, 0.6) is 0 Å². The largest absolute Gasteiger partial charge is 0.346 e. The minimum Gasteiger partial charge on any atom is -0.346 e. The van der Waals surface area contributed by atoms with Crippen LogP contribution in [0.2, 0.25) is 0 Å². The van der Waals surface area contributed by atoms with Crippen molar-refractivity contribution in [3.63, 3.8) is 0 Å². The maximum absolute atomic E-state index is 11.8. The molecule has 0 unspecified atom stereocenters. The Labute approximate surface area is 97.7 Å². The molecule has 2 N–H and O–H groups in total. The van der Waals surface area contributed by atoms with E-state index in [0.29, 0.717) is 12.2 Å². The lowest BCUT2D eigenvalue weighted by atomic mass is 10.3. The van der Waals surface area contributed by atoms with Crippen LogP contribution in [0.1, 0.15) is 26.9 Å². The number of nitrogens with zero attached hydrogens (tertiary/aromatic N) is 1. The lowest BCUT2D eigenvalue weighted by molar-refractivity contribution is 0.0946. The molecule has 0 fully saturated rings. The van der Waals surface area contributed by atoms with E-state index in [2.05, 4.69) is 15.3 Å². The number of aromatic amines is 1. The molecular formula is C11H13N3OS. The Morgan fingerprint density at radius 3 is 2.94 bits per heavy atom. The molecule has 2 rings (SSSR count).